The zero-order chi connectivity index (χ0) is 14.6. The average molecular weight is 275 g/mol. The molecule has 0 fully saturated rings. The van der Waals surface area contributed by atoms with Crippen molar-refractivity contribution in [1.29, 1.82) is 0 Å². The fourth-order valence-corrected chi connectivity index (χ4v) is 2.73. The van der Waals surface area contributed by atoms with Crippen LogP contribution in [0.2, 0.25) is 0 Å². The number of unbranched alkanes of at least 4 members (excludes halogenated alkanes) is 3. The van der Waals surface area contributed by atoms with E-state index in [9.17, 15) is 0 Å². The Hall–Kier alpha value is -0.820. The van der Waals surface area contributed by atoms with Crippen LogP contribution >= 0.6 is 0 Å². The Morgan fingerprint density at radius 1 is 0.950 bits per heavy atom. The van der Waals surface area contributed by atoms with E-state index in [0.717, 1.165) is 6.54 Å². The van der Waals surface area contributed by atoms with Crippen LogP contribution in [0, 0.1) is 6.92 Å². The number of aryl methyl sites for hydroxylation is 2. The molecule has 1 rings (SSSR count). The van der Waals surface area contributed by atoms with Crippen molar-refractivity contribution < 1.29 is 0 Å². The van der Waals surface area contributed by atoms with Crippen molar-refractivity contribution >= 4 is 0 Å². The Kier molecular flexibility index (Phi) is 9.40. The predicted octanol–water partition coefficient (Wildman–Crippen LogP) is 5.27. The highest BCUT2D eigenvalue weighted by atomic mass is 14.9. The summed E-state index contributed by atoms with van der Waals surface area (Å²) in [5.74, 6) is 0. The third-order valence-corrected chi connectivity index (χ3v) is 4.11. The summed E-state index contributed by atoms with van der Waals surface area (Å²) in [4.78, 5) is 0. The van der Waals surface area contributed by atoms with E-state index < -0.39 is 0 Å². The van der Waals surface area contributed by atoms with Gasteiger partial charge in [0.2, 0.25) is 0 Å². The standard InChI is InChI=1S/C19H33N/c1-4-6-7-8-13-19(20-16-5-2)15-14-18-12-10-9-11-17(18)3/h9-12,19-20H,4-8,13-16H2,1-3H3. The minimum atomic E-state index is 0.700. The molecule has 1 heteroatoms. The maximum absolute atomic E-state index is 3.74. The van der Waals surface area contributed by atoms with Gasteiger partial charge in [0.1, 0.15) is 0 Å². The second-order valence-corrected chi connectivity index (χ2v) is 5.97. The minimum Gasteiger partial charge on any atom is -0.314 e. The smallest absolute Gasteiger partial charge is 0.00702 e. The van der Waals surface area contributed by atoms with E-state index in [1.165, 1.54) is 62.5 Å². The van der Waals surface area contributed by atoms with Crippen molar-refractivity contribution in [2.24, 2.45) is 0 Å². The van der Waals surface area contributed by atoms with Gasteiger partial charge in [0.15, 0.2) is 0 Å². The van der Waals surface area contributed by atoms with E-state index in [1.807, 2.05) is 0 Å². The van der Waals surface area contributed by atoms with Gasteiger partial charge in [0.05, 0.1) is 0 Å². The van der Waals surface area contributed by atoms with E-state index in [1.54, 1.807) is 0 Å². The van der Waals surface area contributed by atoms with Gasteiger partial charge >= 0.3 is 0 Å². The first kappa shape index (κ1) is 17.2. The van der Waals surface area contributed by atoms with Crippen LogP contribution in [0.15, 0.2) is 24.3 Å². The van der Waals surface area contributed by atoms with Crippen molar-refractivity contribution in [3.05, 3.63) is 35.4 Å². The molecule has 114 valence electrons. The molecule has 0 aliphatic carbocycles. The Morgan fingerprint density at radius 3 is 2.45 bits per heavy atom. The summed E-state index contributed by atoms with van der Waals surface area (Å²) in [7, 11) is 0. The van der Waals surface area contributed by atoms with Crippen molar-refractivity contribution in [3.63, 3.8) is 0 Å². The molecule has 0 radical (unpaired) electrons. The summed E-state index contributed by atoms with van der Waals surface area (Å²) in [6, 6.07) is 9.51. The van der Waals surface area contributed by atoms with E-state index >= 15 is 0 Å². The topological polar surface area (TPSA) is 12.0 Å². The van der Waals surface area contributed by atoms with Gasteiger partial charge in [-0.3, -0.25) is 0 Å². The summed E-state index contributed by atoms with van der Waals surface area (Å²) >= 11 is 0. The van der Waals surface area contributed by atoms with E-state index in [0.29, 0.717) is 6.04 Å². The van der Waals surface area contributed by atoms with E-state index in [-0.39, 0.29) is 0 Å². The Bertz CT molecular complexity index is 345. The van der Waals surface area contributed by atoms with Gasteiger partial charge < -0.3 is 5.32 Å². The van der Waals surface area contributed by atoms with Gasteiger partial charge in [-0.05, 0) is 50.3 Å². The molecule has 0 saturated heterocycles. The normalized spacial score (nSPS) is 12.6. The van der Waals surface area contributed by atoms with E-state index in [4.69, 9.17) is 0 Å². The minimum absolute atomic E-state index is 0.700. The monoisotopic (exact) mass is 275 g/mol. The second-order valence-electron chi connectivity index (χ2n) is 5.97. The van der Waals surface area contributed by atoms with Crippen LogP contribution in [-0.2, 0) is 6.42 Å². The Balaban J connectivity index is 2.37. The highest BCUT2D eigenvalue weighted by Gasteiger charge is 2.08. The van der Waals surface area contributed by atoms with Gasteiger partial charge in [-0.1, -0.05) is 63.8 Å². The SMILES string of the molecule is CCCCCCC(CCc1ccccc1C)NCCC. The van der Waals surface area contributed by atoms with Crippen LogP contribution in [-0.4, -0.2) is 12.6 Å². The van der Waals surface area contributed by atoms with Crippen molar-refractivity contribution in [3.8, 4) is 0 Å². The number of rotatable bonds is 11. The molecule has 0 bridgehead atoms. The summed E-state index contributed by atoms with van der Waals surface area (Å²) in [5, 5.41) is 3.74. The quantitative estimate of drug-likeness (QED) is 0.543. The molecule has 1 atom stereocenters. The molecular formula is C19H33N. The van der Waals surface area contributed by atoms with Gasteiger partial charge in [-0.2, -0.15) is 0 Å². The highest BCUT2D eigenvalue weighted by molar-refractivity contribution is 5.25. The van der Waals surface area contributed by atoms with Crippen molar-refractivity contribution in [1.82, 2.24) is 5.32 Å². The molecule has 0 aromatic heterocycles. The van der Waals surface area contributed by atoms with Gasteiger partial charge in [0, 0.05) is 6.04 Å². The Labute approximate surface area is 126 Å². The first-order valence-corrected chi connectivity index (χ1v) is 8.55. The van der Waals surface area contributed by atoms with Crippen LogP contribution in [0.3, 0.4) is 0 Å². The van der Waals surface area contributed by atoms with Crippen molar-refractivity contribution in [2.45, 2.75) is 78.2 Å². The molecular weight excluding hydrogens is 242 g/mol. The van der Waals surface area contributed by atoms with Gasteiger partial charge in [-0.25, -0.2) is 0 Å². The lowest BCUT2D eigenvalue weighted by Gasteiger charge is -2.19. The maximum Gasteiger partial charge on any atom is 0.00702 e. The Morgan fingerprint density at radius 2 is 1.75 bits per heavy atom. The molecule has 1 N–H and O–H groups in total. The molecule has 1 nitrogen and oxygen atoms in total. The number of nitrogens with one attached hydrogen (secondary N) is 1. The first-order valence-electron chi connectivity index (χ1n) is 8.55. The number of hydrogen-bond donors (Lipinski definition) is 1. The van der Waals surface area contributed by atoms with Crippen LogP contribution in [0.4, 0.5) is 0 Å². The van der Waals surface area contributed by atoms with Crippen LogP contribution in [0.25, 0.3) is 0 Å². The highest BCUT2D eigenvalue weighted by Crippen LogP contribution is 2.14. The summed E-state index contributed by atoms with van der Waals surface area (Å²) in [5.41, 5.74) is 2.96. The molecule has 0 amide bonds. The average Bonchev–Trinajstić information content (AvgIpc) is 2.47. The molecule has 20 heavy (non-hydrogen) atoms. The molecule has 1 aromatic carbocycles. The molecule has 0 aliphatic rings. The summed E-state index contributed by atoms with van der Waals surface area (Å²) in [6.07, 6.45) is 10.5. The van der Waals surface area contributed by atoms with Crippen LogP contribution in [0.5, 0.6) is 0 Å². The molecule has 0 spiro atoms. The lowest BCUT2D eigenvalue weighted by molar-refractivity contribution is 0.432. The van der Waals surface area contributed by atoms with E-state index in [2.05, 4.69) is 50.4 Å². The first-order chi connectivity index (χ1) is 9.77. The third-order valence-electron chi connectivity index (χ3n) is 4.11. The maximum atomic E-state index is 3.74. The zero-order valence-corrected chi connectivity index (χ0v) is 13.8. The zero-order valence-electron chi connectivity index (χ0n) is 13.8. The number of benzene rings is 1. The van der Waals surface area contributed by atoms with Crippen LogP contribution in [0.1, 0.15) is 69.9 Å². The molecule has 1 unspecified atom stereocenters. The fourth-order valence-electron chi connectivity index (χ4n) is 2.73. The lowest BCUT2D eigenvalue weighted by atomic mass is 9.97. The fraction of sp³-hybridized carbons (Fsp3) is 0.684. The van der Waals surface area contributed by atoms with Gasteiger partial charge in [-0.15, -0.1) is 0 Å². The number of hydrogen-bond acceptors (Lipinski definition) is 1. The molecule has 0 aliphatic heterocycles. The largest absolute Gasteiger partial charge is 0.314 e. The van der Waals surface area contributed by atoms with Gasteiger partial charge in [0.25, 0.3) is 0 Å². The predicted molar refractivity (Wildman–Crippen MR) is 90.3 cm³/mol. The third kappa shape index (κ3) is 7.09. The molecule has 1 aromatic rings. The summed E-state index contributed by atoms with van der Waals surface area (Å²) < 4.78 is 0. The van der Waals surface area contributed by atoms with Crippen LogP contribution < -0.4 is 5.32 Å². The second kappa shape index (κ2) is 10.9. The molecule has 0 saturated carbocycles. The van der Waals surface area contributed by atoms with Crippen molar-refractivity contribution in [2.75, 3.05) is 6.54 Å². The lowest BCUT2D eigenvalue weighted by Crippen LogP contribution is -2.30. The summed E-state index contributed by atoms with van der Waals surface area (Å²) in [6.45, 7) is 7.92. The molecule has 0 heterocycles.